The summed E-state index contributed by atoms with van der Waals surface area (Å²) in [5.74, 6) is 0. The van der Waals surface area contributed by atoms with Crippen molar-refractivity contribution in [3.05, 3.63) is 0 Å². The third kappa shape index (κ3) is 8.82. The Bertz CT molecular complexity index is 6.00. The summed E-state index contributed by atoms with van der Waals surface area (Å²) in [4.78, 5) is 0. The van der Waals surface area contributed by atoms with Crippen LogP contribution in [0.3, 0.4) is 0 Å². The van der Waals surface area contributed by atoms with E-state index in [0.29, 0.717) is 0 Å². The summed E-state index contributed by atoms with van der Waals surface area (Å²) in [5.41, 5.74) is 0. The molecule has 0 spiro atoms. The first-order chi connectivity index (χ1) is 1.00. The van der Waals surface area contributed by atoms with Crippen LogP contribution in [0.1, 0.15) is 0 Å². The molecule has 4 heavy (non-hydrogen) atoms. The van der Waals surface area contributed by atoms with E-state index in [0.717, 1.165) is 0 Å². The monoisotopic (exact) mass is 176 g/mol. The summed E-state index contributed by atoms with van der Waals surface area (Å²) in [5, 5.41) is 12.0. The number of rotatable bonds is 0. The molecule has 0 aromatic heterocycles. The average Bonchev–Trinajstić information content (AvgIpc) is 1.00. The normalized spacial score (nSPS) is 1.50. The molecule has 2 N–H and O–H groups in total. The van der Waals surface area contributed by atoms with Crippen LogP contribution in [-0.4, -0.2) is 98.3 Å². The zero-order valence-corrected chi connectivity index (χ0v) is 0.894. The molecule has 0 fully saturated rings. The van der Waals surface area contributed by atoms with Crippen LogP contribution in [0.4, 0.5) is 0 Å². The zero-order valence-electron chi connectivity index (χ0n) is 0.894. The van der Waals surface area contributed by atoms with E-state index in [9.17, 15) is 0 Å². The van der Waals surface area contributed by atoms with E-state index in [2.05, 4.69) is 0 Å². The first kappa shape index (κ1) is 16.0. The van der Waals surface area contributed by atoms with E-state index >= 15 is 0 Å². The molecule has 0 aliphatic carbocycles. The minimum absolute atomic E-state index is 0. The Morgan fingerprint density at radius 1 is 1.00 bits per heavy atom. The van der Waals surface area contributed by atoms with Crippen LogP contribution >= 0.6 is 0 Å². The summed E-state index contributed by atoms with van der Waals surface area (Å²) in [7, 11) is 0. The number of hydrogen-bond donors (Lipinski definition) is 2. The van der Waals surface area contributed by atoms with Crippen LogP contribution in [0.5, 0.6) is 0 Å². The van der Waals surface area contributed by atoms with Gasteiger partial charge in [-0.2, -0.15) is 0 Å². The third-order valence-corrected chi connectivity index (χ3v) is 0. The van der Waals surface area contributed by atoms with Crippen LogP contribution in [0.15, 0.2) is 0 Å². The molecule has 0 aliphatic rings. The standard InChI is InChI=1S/Cs.Li.H2O2.2H/c;;1-2;;/h;;1-2H;;. The minimum atomic E-state index is 0. The fourth-order valence-electron chi connectivity index (χ4n) is 0. The van der Waals surface area contributed by atoms with Crippen molar-refractivity contribution in [2.24, 2.45) is 0 Å². The van der Waals surface area contributed by atoms with Gasteiger partial charge in [0.15, 0.2) is 0 Å². The Labute approximate surface area is 95.5 Å². The second-order valence-electron chi connectivity index (χ2n) is 0. The molecule has 2 nitrogen and oxygen atoms in total. The van der Waals surface area contributed by atoms with Crippen LogP contribution in [0.25, 0.3) is 0 Å². The van der Waals surface area contributed by atoms with Crippen molar-refractivity contribution < 1.29 is 10.5 Å². The van der Waals surface area contributed by atoms with Gasteiger partial charge in [0.2, 0.25) is 0 Å². The van der Waals surface area contributed by atoms with Gasteiger partial charge in [-0.25, -0.2) is 0 Å². The molecule has 0 amide bonds. The van der Waals surface area contributed by atoms with Gasteiger partial charge in [0, 0.05) is 0 Å². The van der Waals surface area contributed by atoms with Gasteiger partial charge in [-0.1, -0.05) is 0 Å². The Balaban J connectivity index is -0.00000000500. The molecule has 18 valence electrons. The summed E-state index contributed by atoms with van der Waals surface area (Å²) in [6, 6.07) is 0. The van der Waals surface area contributed by atoms with Gasteiger partial charge in [0.25, 0.3) is 0 Å². The number of hydrogen-bond acceptors (Lipinski definition) is 2. The zero-order chi connectivity index (χ0) is 2.00. The Hall–Kier alpha value is 2.57. The average molecular weight is 176 g/mol. The van der Waals surface area contributed by atoms with Gasteiger partial charge >= 0.3 is 87.8 Å². The Morgan fingerprint density at radius 2 is 1.00 bits per heavy atom. The molecular weight excluding hydrogens is 172 g/mol. The molecule has 0 aromatic rings. The van der Waals surface area contributed by atoms with Gasteiger partial charge in [0.05, 0.1) is 0 Å². The van der Waals surface area contributed by atoms with Crippen LogP contribution in [0, 0.1) is 0 Å². The molecule has 0 atom stereocenters. The maximum atomic E-state index is 6.00. The maximum absolute atomic E-state index is 6.00. The van der Waals surface area contributed by atoms with Crippen molar-refractivity contribution >= 4 is 87.8 Å². The molecule has 0 bridgehead atoms. The third-order valence-electron chi connectivity index (χ3n) is 0. The summed E-state index contributed by atoms with van der Waals surface area (Å²) in [6.07, 6.45) is 0. The summed E-state index contributed by atoms with van der Waals surface area (Å²) in [6.45, 7) is 0. The van der Waals surface area contributed by atoms with Crippen LogP contribution in [-0.2, 0) is 0 Å². The van der Waals surface area contributed by atoms with Gasteiger partial charge in [0.1, 0.15) is 0 Å². The fourth-order valence-corrected chi connectivity index (χ4v) is 0. The first-order valence-electron chi connectivity index (χ1n) is 0.200. The van der Waals surface area contributed by atoms with Crippen molar-refractivity contribution in [3.8, 4) is 0 Å². The van der Waals surface area contributed by atoms with E-state index < -0.39 is 0 Å². The van der Waals surface area contributed by atoms with Gasteiger partial charge < -0.3 is 0 Å². The van der Waals surface area contributed by atoms with Gasteiger partial charge in [-0.15, -0.1) is 0 Å². The second kappa shape index (κ2) is 17.6. The van der Waals surface area contributed by atoms with Crippen LogP contribution < -0.4 is 0 Å². The van der Waals surface area contributed by atoms with Crippen molar-refractivity contribution in [2.45, 2.75) is 0 Å². The molecule has 0 rings (SSSR count). The molecule has 0 aliphatic heterocycles. The van der Waals surface area contributed by atoms with E-state index in [1.54, 1.807) is 0 Å². The van der Waals surface area contributed by atoms with Crippen molar-refractivity contribution in [2.75, 3.05) is 0 Å². The quantitative estimate of drug-likeness (QED) is 0.274. The Morgan fingerprint density at radius 3 is 1.00 bits per heavy atom. The molecule has 0 heterocycles. The fraction of sp³-hybridized carbons (Fsp3) is 0. The van der Waals surface area contributed by atoms with E-state index in [1.165, 1.54) is 0 Å². The Kier molecular flexibility index (Phi) is 70.4. The topological polar surface area (TPSA) is 40.5 Å². The molecular formula is H4CsLiO2. The van der Waals surface area contributed by atoms with Gasteiger partial charge in [-0.3, -0.25) is 10.5 Å². The van der Waals surface area contributed by atoms with E-state index in [4.69, 9.17) is 10.5 Å². The molecule has 0 unspecified atom stereocenters. The van der Waals surface area contributed by atoms with Crippen molar-refractivity contribution in [3.63, 3.8) is 0 Å². The van der Waals surface area contributed by atoms with Crippen molar-refractivity contribution in [1.29, 1.82) is 0 Å². The molecule has 0 saturated heterocycles. The molecule has 0 radical (unpaired) electrons. The first-order valence-corrected chi connectivity index (χ1v) is 0.200. The van der Waals surface area contributed by atoms with E-state index in [-0.39, 0.29) is 87.8 Å². The van der Waals surface area contributed by atoms with E-state index in [1.807, 2.05) is 0 Å². The van der Waals surface area contributed by atoms with Crippen molar-refractivity contribution in [1.82, 2.24) is 0 Å². The molecule has 4 heteroatoms. The van der Waals surface area contributed by atoms with Gasteiger partial charge in [-0.05, 0) is 0 Å². The van der Waals surface area contributed by atoms with Crippen LogP contribution in [0.2, 0.25) is 0 Å². The summed E-state index contributed by atoms with van der Waals surface area (Å²) < 4.78 is 0. The summed E-state index contributed by atoms with van der Waals surface area (Å²) >= 11 is 0. The SMILES string of the molecule is OO.[CsH].[LiH]. The molecule has 0 saturated carbocycles. The second-order valence-corrected chi connectivity index (χ2v) is 0. The predicted molar refractivity (Wildman–Crippen MR) is 19.6 cm³/mol. The molecule has 0 aromatic carbocycles. The predicted octanol–water partition coefficient (Wildman–Crippen LogP) is -1.28.